The molecule has 3 N–H and O–H groups in total. The molecule has 0 bridgehead atoms. The maximum atomic E-state index is 5.69. The van der Waals surface area contributed by atoms with Gasteiger partial charge in [0.25, 0.3) is 0 Å². The highest BCUT2D eigenvalue weighted by atomic mass is 15.3. The summed E-state index contributed by atoms with van der Waals surface area (Å²) >= 11 is 0. The van der Waals surface area contributed by atoms with E-state index in [0.717, 1.165) is 19.6 Å². The molecule has 0 saturated heterocycles. The van der Waals surface area contributed by atoms with Gasteiger partial charge in [0.2, 0.25) is 17.8 Å². The number of nitrogens with zero attached hydrogens (tertiary/aromatic N) is 5. The molecule has 108 valence electrons. The van der Waals surface area contributed by atoms with E-state index in [2.05, 4.69) is 45.9 Å². The number of likely N-dealkylation sites (N-methyl/N-ethyl adjacent to an activating group) is 1. The molecule has 0 fully saturated rings. The molecule has 1 heterocycles. The summed E-state index contributed by atoms with van der Waals surface area (Å²) in [5.41, 5.74) is 5.69. The molecule has 1 rings (SSSR count). The van der Waals surface area contributed by atoms with Crippen molar-refractivity contribution in [3.63, 3.8) is 0 Å². The molecule has 1 unspecified atom stereocenters. The lowest BCUT2D eigenvalue weighted by Crippen LogP contribution is -2.35. The van der Waals surface area contributed by atoms with Crippen LogP contribution in [0, 0.1) is 0 Å². The van der Waals surface area contributed by atoms with Crippen LogP contribution >= 0.6 is 0 Å². The zero-order chi connectivity index (χ0) is 14.4. The van der Waals surface area contributed by atoms with E-state index in [1.807, 2.05) is 14.1 Å². The van der Waals surface area contributed by atoms with Crippen LogP contribution in [0.25, 0.3) is 0 Å². The number of anilines is 3. The lowest BCUT2D eigenvalue weighted by atomic mass is 10.3. The second-order valence-corrected chi connectivity index (χ2v) is 4.74. The van der Waals surface area contributed by atoms with Gasteiger partial charge in [-0.1, -0.05) is 13.8 Å². The molecule has 0 radical (unpaired) electrons. The summed E-state index contributed by atoms with van der Waals surface area (Å²) in [6, 6.07) is 0.247. The highest BCUT2D eigenvalue weighted by Crippen LogP contribution is 2.10. The van der Waals surface area contributed by atoms with Gasteiger partial charge in [-0.3, -0.25) is 0 Å². The molecule has 7 nitrogen and oxygen atoms in total. The van der Waals surface area contributed by atoms with Gasteiger partial charge in [0.1, 0.15) is 0 Å². The average molecular weight is 267 g/mol. The van der Waals surface area contributed by atoms with Gasteiger partial charge in [-0.15, -0.1) is 0 Å². The smallest absolute Gasteiger partial charge is 0.231 e. The van der Waals surface area contributed by atoms with Gasteiger partial charge in [0.15, 0.2) is 0 Å². The Kier molecular flexibility index (Phi) is 5.75. The normalized spacial score (nSPS) is 12.5. The number of aromatic nitrogens is 3. The number of hydrogen-bond acceptors (Lipinski definition) is 7. The fourth-order valence-corrected chi connectivity index (χ4v) is 1.78. The molecule has 0 aliphatic heterocycles. The minimum atomic E-state index is 0.233. The minimum Gasteiger partial charge on any atom is -0.368 e. The number of nitrogens with one attached hydrogen (secondary N) is 1. The van der Waals surface area contributed by atoms with E-state index >= 15 is 0 Å². The number of hydrogen-bond donors (Lipinski definition) is 2. The van der Waals surface area contributed by atoms with Gasteiger partial charge < -0.3 is 20.9 Å². The Hall–Kier alpha value is -1.63. The van der Waals surface area contributed by atoms with Gasteiger partial charge in [-0.25, -0.2) is 0 Å². The van der Waals surface area contributed by atoms with E-state index in [9.17, 15) is 0 Å². The molecule has 0 saturated carbocycles. The Labute approximate surface area is 115 Å². The molecular weight excluding hydrogens is 242 g/mol. The van der Waals surface area contributed by atoms with Crippen molar-refractivity contribution in [2.75, 3.05) is 49.7 Å². The Morgan fingerprint density at radius 1 is 1.16 bits per heavy atom. The van der Waals surface area contributed by atoms with Gasteiger partial charge in [-0.05, 0) is 20.0 Å². The van der Waals surface area contributed by atoms with Crippen LogP contribution in [0.2, 0.25) is 0 Å². The van der Waals surface area contributed by atoms with Gasteiger partial charge >= 0.3 is 0 Å². The summed E-state index contributed by atoms with van der Waals surface area (Å²) in [6.07, 6.45) is 0. The van der Waals surface area contributed by atoms with E-state index in [-0.39, 0.29) is 12.0 Å². The van der Waals surface area contributed by atoms with Crippen LogP contribution in [0.15, 0.2) is 0 Å². The van der Waals surface area contributed by atoms with E-state index < -0.39 is 0 Å². The summed E-state index contributed by atoms with van der Waals surface area (Å²) in [7, 11) is 3.75. The molecule has 0 aliphatic rings. The van der Waals surface area contributed by atoms with Crippen LogP contribution < -0.4 is 16.0 Å². The first-order chi connectivity index (χ1) is 8.96. The standard InChI is InChI=1S/C12H25N7/c1-6-19(7-2)8-9(3)14-11-15-10(13)16-12(17-11)18(4)5/h9H,6-8H2,1-5H3,(H3,13,14,15,16,17). The van der Waals surface area contributed by atoms with E-state index in [1.165, 1.54) is 0 Å². The van der Waals surface area contributed by atoms with Crippen LogP contribution in [0.1, 0.15) is 20.8 Å². The summed E-state index contributed by atoms with van der Waals surface area (Å²) in [4.78, 5) is 16.7. The predicted molar refractivity (Wildman–Crippen MR) is 79.4 cm³/mol. The fourth-order valence-electron chi connectivity index (χ4n) is 1.78. The third-order valence-electron chi connectivity index (χ3n) is 2.84. The largest absolute Gasteiger partial charge is 0.368 e. The molecule has 1 atom stereocenters. The highest BCUT2D eigenvalue weighted by Gasteiger charge is 2.11. The van der Waals surface area contributed by atoms with Gasteiger partial charge in [-0.2, -0.15) is 15.0 Å². The molecule has 0 spiro atoms. The summed E-state index contributed by atoms with van der Waals surface area (Å²) in [6.45, 7) is 9.42. The van der Waals surface area contributed by atoms with Crippen molar-refractivity contribution in [3.8, 4) is 0 Å². The van der Waals surface area contributed by atoms with Crippen molar-refractivity contribution in [2.45, 2.75) is 26.8 Å². The topological polar surface area (TPSA) is 83.2 Å². The first-order valence-electron chi connectivity index (χ1n) is 6.64. The first kappa shape index (κ1) is 15.4. The van der Waals surface area contributed by atoms with Crippen molar-refractivity contribution in [1.82, 2.24) is 19.9 Å². The summed E-state index contributed by atoms with van der Waals surface area (Å²) in [5, 5.41) is 3.27. The first-order valence-corrected chi connectivity index (χ1v) is 6.64. The maximum Gasteiger partial charge on any atom is 0.231 e. The molecule has 1 aromatic rings. The third-order valence-corrected chi connectivity index (χ3v) is 2.84. The quantitative estimate of drug-likeness (QED) is 0.751. The van der Waals surface area contributed by atoms with Crippen molar-refractivity contribution < 1.29 is 0 Å². The van der Waals surface area contributed by atoms with E-state index in [0.29, 0.717) is 11.9 Å². The predicted octanol–water partition coefficient (Wildman–Crippen LogP) is 0.662. The number of rotatable bonds is 7. The summed E-state index contributed by atoms with van der Waals surface area (Å²) in [5.74, 6) is 1.32. The zero-order valence-corrected chi connectivity index (χ0v) is 12.5. The van der Waals surface area contributed by atoms with E-state index in [4.69, 9.17) is 5.73 Å². The summed E-state index contributed by atoms with van der Waals surface area (Å²) < 4.78 is 0. The fraction of sp³-hybridized carbons (Fsp3) is 0.750. The van der Waals surface area contributed by atoms with Gasteiger partial charge in [0.05, 0.1) is 0 Å². The van der Waals surface area contributed by atoms with E-state index in [1.54, 1.807) is 4.90 Å². The highest BCUT2D eigenvalue weighted by molar-refractivity contribution is 5.41. The van der Waals surface area contributed by atoms with Crippen LogP contribution in [0.3, 0.4) is 0 Å². The third kappa shape index (κ3) is 4.86. The Morgan fingerprint density at radius 2 is 1.79 bits per heavy atom. The van der Waals surface area contributed by atoms with Crippen LogP contribution in [-0.2, 0) is 0 Å². The molecule has 0 aromatic carbocycles. The van der Waals surface area contributed by atoms with Crippen molar-refractivity contribution in [2.24, 2.45) is 0 Å². The number of nitrogen functional groups attached to an aromatic ring is 1. The SMILES string of the molecule is CCN(CC)CC(C)Nc1nc(N)nc(N(C)C)n1. The molecular formula is C12H25N7. The maximum absolute atomic E-state index is 5.69. The van der Waals surface area contributed by atoms with Gasteiger partial charge in [0, 0.05) is 26.7 Å². The average Bonchev–Trinajstić information content (AvgIpc) is 2.35. The minimum absolute atomic E-state index is 0.233. The van der Waals surface area contributed by atoms with Crippen LogP contribution in [0.5, 0.6) is 0 Å². The molecule has 7 heteroatoms. The Balaban J connectivity index is 2.70. The molecule has 0 amide bonds. The van der Waals surface area contributed by atoms with Crippen molar-refractivity contribution in [1.29, 1.82) is 0 Å². The second kappa shape index (κ2) is 7.08. The zero-order valence-electron chi connectivity index (χ0n) is 12.5. The second-order valence-electron chi connectivity index (χ2n) is 4.74. The molecule has 19 heavy (non-hydrogen) atoms. The van der Waals surface area contributed by atoms with Crippen LogP contribution in [-0.4, -0.2) is 59.6 Å². The Bertz CT molecular complexity index is 390. The number of nitrogens with two attached hydrogens (primary N) is 1. The van der Waals surface area contributed by atoms with Crippen molar-refractivity contribution >= 4 is 17.8 Å². The lowest BCUT2D eigenvalue weighted by molar-refractivity contribution is 0.294. The van der Waals surface area contributed by atoms with Crippen LogP contribution in [0.4, 0.5) is 17.8 Å². The molecule has 0 aliphatic carbocycles. The monoisotopic (exact) mass is 267 g/mol. The van der Waals surface area contributed by atoms with Crippen molar-refractivity contribution in [3.05, 3.63) is 0 Å². The molecule has 1 aromatic heterocycles. The lowest BCUT2D eigenvalue weighted by Gasteiger charge is -2.23. The Morgan fingerprint density at radius 3 is 2.32 bits per heavy atom.